The number of aromatic nitrogens is 2. The van der Waals surface area contributed by atoms with E-state index in [0.717, 1.165) is 22.3 Å². The van der Waals surface area contributed by atoms with Crippen molar-refractivity contribution in [2.75, 3.05) is 19.0 Å². The van der Waals surface area contributed by atoms with E-state index in [9.17, 15) is 0 Å². The van der Waals surface area contributed by atoms with Gasteiger partial charge in [0.15, 0.2) is 0 Å². The summed E-state index contributed by atoms with van der Waals surface area (Å²) in [6.45, 7) is 4.36. The molecular formula is C24H21N3S. The van der Waals surface area contributed by atoms with Crippen LogP contribution in [0.5, 0.6) is 0 Å². The molecule has 0 atom stereocenters. The number of hydrogen-bond acceptors (Lipinski definition) is 4. The van der Waals surface area contributed by atoms with E-state index in [1.807, 2.05) is 25.4 Å². The van der Waals surface area contributed by atoms with Crippen molar-refractivity contribution in [3.8, 4) is 11.3 Å². The Kier molecular flexibility index (Phi) is 3.84. The van der Waals surface area contributed by atoms with Gasteiger partial charge in [-0.1, -0.05) is 12.1 Å². The van der Waals surface area contributed by atoms with E-state index in [2.05, 4.69) is 72.3 Å². The Hall–Kier alpha value is -2.98. The number of rotatable bonds is 2. The largest absolute Gasteiger partial charge is 0.378 e. The Morgan fingerprint density at radius 2 is 1.75 bits per heavy atom. The topological polar surface area (TPSA) is 29.0 Å². The summed E-state index contributed by atoms with van der Waals surface area (Å²) in [5.41, 5.74) is 6.89. The average Bonchev–Trinajstić information content (AvgIpc) is 3.06. The Bertz CT molecular complexity index is 1370. The van der Waals surface area contributed by atoms with Crippen LogP contribution >= 0.6 is 11.3 Å². The van der Waals surface area contributed by atoms with Crippen LogP contribution in [0, 0.1) is 13.8 Å². The second-order valence-corrected chi connectivity index (χ2v) is 8.61. The van der Waals surface area contributed by atoms with Crippen LogP contribution in [0.25, 0.3) is 42.3 Å². The Balaban J connectivity index is 1.87. The fourth-order valence-corrected chi connectivity index (χ4v) is 5.24. The van der Waals surface area contributed by atoms with Gasteiger partial charge in [0.05, 0.1) is 11.2 Å². The van der Waals surface area contributed by atoms with Crippen LogP contribution in [0.1, 0.15) is 11.1 Å². The zero-order valence-corrected chi connectivity index (χ0v) is 17.3. The van der Waals surface area contributed by atoms with E-state index in [0.29, 0.717) is 0 Å². The number of anilines is 1. The molecule has 0 fully saturated rings. The first kappa shape index (κ1) is 17.1. The fraction of sp³-hybridized carbons (Fsp3) is 0.167. The molecule has 2 heterocycles. The third kappa shape index (κ3) is 2.56. The normalized spacial score (nSPS) is 11.6. The molecule has 28 heavy (non-hydrogen) atoms. The molecule has 4 heteroatoms. The van der Waals surface area contributed by atoms with Crippen LogP contribution in [-0.2, 0) is 0 Å². The van der Waals surface area contributed by atoms with Crippen molar-refractivity contribution < 1.29 is 0 Å². The van der Waals surface area contributed by atoms with Gasteiger partial charge in [-0.25, -0.2) is 9.97 Å². The van der Waals surface area contributed by atoms with E-state index in [1.54, 1.807) is 6.33 Å². The molecule has 0 amide bonds. The molecule has 0 N–H and O–H groups in total. The maximum Gasteiger partial charge on any atom is 0.116 e. The van der Waals surface area contributed by atoms with E-state index < -0.39 is 0 Å². The Labute approximate surface area is 168 Å². The maximum absolute atomic E-state index is 4.72. The monoisotopic (exact) mass is 383 g/mol. The summed E-state index contributed by atoms with van der Waals surface area (Å²) >= 11 is 1.85. The minimum atomic E-state index is 0.975. The molecule has 5 rings (SSSR count). The van der Waals surface area contributed by atoms with Crippen molar-refractivity contribution >= 4 is 48.1 Å². The second-order valence-electron chi connectivity index (χ2n) is 7.56. The molecular weight excluding hydrogens is 362 g/mol. The molecule has 0 bridgehead atoms. The van der Waals surface area contributed by atoms with Crippen LogP contribution in [0.2, 0.25) is 0 Å². The van der Waals surface area contributed by atoms with Crippen LogP contribution in [0.4, 0.5) is 5.69 Å². The van der Waals surface area contributed by atoms with Gasteiger partial charge in [0.1, 0.15) is 6.33 Å². The number of nitrogens with zero attached hydrogens (tertiary/aromatic N) is 3. The molecule has 138 valence electrons. The lowest BCUT2D eigenvalue weighted by Gasteiger charge is -2.14. The first-order valence-electron chi connectivity index (χ1n) is 9.38. The first-order valence-corrected chi connectivity index (χ1v) is 10.2. The van der Waals surface area contributed by atoms with Gasteiger partial charge in [0.2, 0.25) is 0 Å². The van der Waals surface area contributed by atoms with Gasteiger partial charge in [-0.05, 0) is 61.4 Å². The third-order valence-corrected chi connectivity index (χ3v) is 6.54. The number of aryl methyl sites for hydroxylation is 2. The summed E-state index contributed by atoms with van der Waals surface area (Å²) in [6.07, 6.45) is 1.68. The van der Waals surface area contributed by atoms with Gasteiger partial charge < -0.3 is 4.90 Å². The fourth-order valence-electron chi connectivity index (χ4n) is 3.96. The standard InChI is InChI=1S/C24H21N3S/c1-14-10-18-22-15(2)6-5-7-21(22)28-24(18)19(11-14)23-17-9-8-16(27(3)4)12-20(17)25-13-26-23/h5-13H,1-4H3. The quantitative estimate of drug-likeness (QED) is 0.356. The zero-order valence-electron chi connectivity index (χ0n) is 16.4. The van der Waals surface area contributed by atoms with E-state index in [1.165, 1.54) is 36.9 Å². The second kappa shape index (κ2) is 6.28. The minimum Gasteiger partial charge on any atom is -0.378 e. The van der Waals surface area contributed by atoms with Gasteiger partial charge in [0.25, 0.3) is 0 Å². The van der Waals surface area contributed by atoms with Gasteiger partial charge in [-0.2, -0.15) is 0 Å². The van der Waals surface area contributed by atoms with Crippen molar-refractivity contribution in [2.24, 2.45) is 0 Å². The van der Waals surface area contributed by atoms with Crippen LogP contribution < -0.4 is 4.90 Å². The van der Waals surface area contributed by atoms with Gasteiger partial charge >= 0.3 is 0 Å². The number of thiophene rings is 1. The number of benzene rings is 3. The molecule has 3 nitrogen and oxygen atoms in total. The summed E-state index contributed by atoms with van der Waals surface area (Å²) in [6, 6.07) is 17.5. The van der Waals surface area contributed by atoms with Crippen molar-refractivity contribution in [2.45, 2.75) is 13.8 Å². The van der Waals surface area contributed by atoms with Crippen LogP contribution in [0.3, 0.4) is 0 Å². The lowest BCUT2D eigenvalue weighted by molar-refractivity contribution is 1.13. The smallest absolute Gasteiger partial charge is 0.116 e. The average molecular weight is 384 g/mol. The molecule has 0 unspecified atom stereocenters. The lowest BCUT2D eigenvalue weighted by atomic mass is 9.99. The van der Waals surface area contributed by atoms with E-state index in [4.69, 9.17) is 4.98 Å². The summed E-state index contributed by atoms with van der Waals surface area (Å²) in [5, 5.41) is 3.78. The van der Waals surface area contributed by atoms with Gasteiger partial charge in [-0.15, -0.1) is 11.3 Å². The molecule has 0 saturated carbocycles. The summed E-state index contributed by atoms with van der Waals surface area (Å²) in [4.78, 5) is 11.4. The van der Waals surface area contributed by atoms with Gasteiger partial charge in [-0.3, -0.25) is 0 Å². The van der Waals surface area contributed by atoms with Crippen molar-refractivity contribution in [1.29, 1.82) is 0 Å². The predicted octanol–water partition coefficient (Wildman–Crippen LogP) is 6.35. The summed E-state index contributed by atoms with van der Waals surface area (Å²) in [7, 11) is 4.10. The molecule has 2 aromatic heterocycles. The Morgan fingerprint density at radius 1 is 0.893 bits per heavy atom. The van der Waals surface area contributed by atoms with Crippen LogP contribution in [-0.4, -0.2) is 24.1 Å². The lowest BCUT2D eigenvalue weighted by Crippen LogP contribution is -2.08. The molecule has 0 saturated heterocycles. The van der Waals surface area contributed by atoms with E-state index in [-0.39, 0.29) is 0 Å². The zero-order chi connectivity index (χ0) is 19.4. The molecule has 0 spiro atoms. The van der Waals surface area contributed by atoms with Crippen LogP contribution in [0.15, 0.2) is 54.9 Å². The molecule has 0 aliphatic heterocycles. The highest BCUT2D eigenvalue weighted by Crippen LogP contribution is 2.42. The maximum atomic E-state index is 4.72. The third-order valence-electron chi connectivity index (χ3n) is 5.34. The first-order chi connectivity index (χ1) is 13.5. The van der Waals surface area contributed by atoms with Crippen molar-refractivity contribution in [3.63, 3.8) is 0 Å². The molecule has 0 radical (unpaired) electrons. The minimum absolute atomic E-state index is 0.975. The highest BCUT2D eigenvalue weighted by molar-refractivity contribution is 7.26. The summed E-state index contributed by atoms with van der Waals surface area (Å²) < 4.78 is 2.63. The predicted molar refractivity (Wildman–Crippen MR) is 122 cm³/mol. The SMILES string of the molecule is Cc1cc(-c2ncnc3cc(N(C)C)ccc23)c2sc3cccc(C)c3c2c1. The highest BCUT2D eigenvalue weighted by Gasteiger charge is 2.16. The molecule has 5 aromatic rings. The summed E-state index contributed by atoms with van der Waals surface area (Å²) in [5.74, 6) is 0. The van der Waals surface area contributed by atoms with E-state index >= 15 is 0 Å². The highest BCUT2D eigenvalue weighted by atomic mass is 32.1. The number of fused-ring (bicyclic) bond motifs is 4. The van der Waals surface area contributed by atoms with Crippen molar-refractivity contribution in [1.82, 2.24) is 9.97 Å². The van der Waals surface area contributed by atoms with Gasteiger partial charge in [0, 0.05) is 50.9 Å². The number of hydrogen-bond donors (Lipinski definition) is 0. The van der Waals surface area contributed by atoms with Crippen molar-refractivity contribution in [3.05, 3.63) is 66.0 Å². The Morgan fingerprint density at radius 3 is 2.57 bits per heavy atom. The molecule has 0 aliphatic carbocycles. The molecule has 3 aromatic carbocycles. The molecule has 0 aliphatic rings.